The molecule has 0 saturated heterocycles. The second kappa shape index (κ2) is 5.20. The molecule has 0 N–H and O–H groups in total. The monoisotopic (exact) mass is 330 g/mol. The van der Waals surface area contributed by atoms with Crippen molar-refractivity contribution in [3.8, 4) is 0 Å². The molecule has 3 heteroatoms. The van der Waals surface area contributed by atoms with Crippen LogP contribution in [0.5, 0.6) is 0 Å². The van der Waals surface area contributed by atoms with Gasteiger partial charge < -0.3 is 4.74 Å². The molecule has 1 aromatic carbocycles. The lowest BCUT2D eigenvalue weighted by Crippen LogP contribution is -2.48. The fourth-order valence-electron chi connectivity index (χ4n) is 4.92. The van der Waals surface area contributed by atoms with Crippen molar-refractivity contribution in [1.82, 2.24) is 0 Å². The highest BCUT2D eigenvalue weighted by molar-refractivity contribution is 6.90. The van der Waals surface area contributed by atoms with Gasteiger partial charge in [-0.25, -0.2) is 4.79 Å². The molecule has 0 unspecified atom stereocenters. The van der Waals surface area contributed by atoms with Crippen molar-refractivity contribution < 1.29 is 9.53 Å². The summed E-state index contributed by atoms with van der Waals surface area (Å²) in [7, 11) is -1.65. The van der Waals surface area contributed by atoms with E-state index in [1.165, 1.54) is 36.4 Å². The van der Waals surface area contributed by atoms with E-state index in [2.05, 4.69) is 52.5 Å². The summed E-state index contributed by atoms with van der Waals surface area (Å²) in [4.78, 5) is 12.4. The molecule has 2 aliphatic rings. The zero-order valence-corrected chi connectivity index (χ0v) is 16.5. The fraction of sp³-hybridized carbons (Fsp3) is 0.650. The number of cyclic esters (lactones) is 1. The predicted octanol–water partition coefficient (Wildman–Crippen LogP) is 4.76. The summed E-state index contributed by atoms with van der Waals surface area (Å²) < 4.78 is 5.36. The minimum absolute atomic E-state index is 0.0991. The Hall–Kier alpha value is -1.09. The van der Waals surface area contributed by atoms with Crippen molar-refractivity contribution >= 4 is 19.2 Å². The van der Waals surface area contributed by atoms with Crippen LogP contribution in [0.4, 0.5) is 0 Å². The number of ether oxygens (including phenoxy) is 1. The maximum absolute atomic E-state index is 12.4. The molecular weight excluding hydrogens is 300 g/mol. The molecule has 0 radical (unpaired) electrons. The van der Waals surface area contributed by atoms with Gasteiger partial charge in [0.05, 0.1) is 13.6 Å². The highest BCUT2D eigenvalue weighted by atomic mass is 28.3. The van der Waals surface area contributed by atoms with Crippen molar-refractivity contribution in [1.29, 1.82) is 0 Å². The molecule has 1 aliphatic carbocycles. The van der Waals surface area contributed by atoms with Crippen LogP contribution in [0.3, 0.4) is 0 Å². The number of benzene rings is 1. The number of hydrogen-bond donors (Lipinski definition) is 0. The van der Waals surface area contributed by atoms with Crippen LogP contribution in [0.25, 0.3) is 0 Å². The molecule has 0 bridgehead atoms. The van der Waals surface area contributed by atoms with Gasteiger partial charge in [0.25, 0.3) is 0 Å². The zero-order chi connectivity index (χ0) is 17.0. The van der Waals surface area contributed by atoms with E-state index in [-0.39, 0.29) is 11.4 Å². The Morgan fingerprint density at radius 1 is 1.09 bits per heavy atom. The molecule has 1 heterocycles. The minimum atomic E-state index is -1.65. The molecule has 2 nitrogen and oxygen atoms in total. The van der Waals surface area contributed by atoms with E-state index >= 15 is 0 Å². The Kier molecular flexibility index (Phi) is 3.79. The van der Waals surface area contributed by atoms with E-state index in [0.29, 0.717) is 12.0 Å². The maximum Gasteiger partial charge on any atom is 0.338 e. The van der Waals surface area contributed by atoms with Crippen LogP contribution in [0.15, 0.2) is 12.1 Å². The first-order valence-corrected chi connectivity index (χ1v) is 12.4. The summed E-state index contributed by atoms with van der Waals surface area (Å²) in [5.41, 5.74) is 3.99. The number of esters is 1. The Labute approximate surface area is 141 Å². The van der Waals surface area contributed by atoms with E-state index in [0.717, 1.165) is 11.1 Å². The summed E-state index contributed by atoms with van der Waals surface area (Å²) in [6.45, 7) is 14.7. The van der Waals surface area contributed by atoms with E-state index in [4.69, 9.17) is 4.74 Å². The number of rotatable bonds is 2. The smallest absolute Gasteiger partial charge is 0.338 e. The zero-order valence-electron chi connectivity index (χ0n) is 15.5. The highest BCUT2D eigenvalue weighted by Gasteiger charge is 2.43. The summed E-state index contributed by atoms with van der Waals surface area (Å²) in [5, 5.41) is 1.36. The molecule has 0 spiro atoms. The van der Waals surface area contributed by atoms with Crippen molar-refractivity contribution in [2.24, 2.45) is 5.41 Å². The first kappa shape index (κ1) is 16.8. The third-order valence-corrected chi connectivity index (χ3v) is 7.72. The highest BCUT2D eigenvalue weighted by Crippen LogP contribution is 2.48. The molecule has 1 atom stereocenters. The maximum atomic E-state index is 12.4. The van der Waals surface area contributed by atoms with Gasteiger partial charge >= 0.3 is 5.97 Å². The molecule has 126 valence electrons. The average Bonchev–Trinajstić information content (AvgIpc) is 2.77. The Morgan fingerprint density at radius 2 is 1.78 bits per heavy atom. The molecule has 1 fully saturated rings. The standard InChI is InChI=1S/C20H30O2Si/c1-19(2)10-7-11-20(3,13-19)15-9-8-14-12-22-18(21)16(14)17(15)23(4,5)6/h8-9H,7,10-13H2,1-6H3/t20-/m0/s1. The van der Waals surface area contributed by atoms with Crippen molar-refractivity contribution in [2.75, 3.05) is 0 Å². The largest absolute Gasteiger partial charge is 0.457 e. The van der Waals surface area contributed by atoms with Gasteiger partial charge in [0.1, 0.15) is 6.61 Å². The van der Waals surface area contributed by atoms with Gasteiger partial charge in [0.2, 0.25) is 0 Å². The van der Waals surface area contributed by atoms with Crippen LogP contribution >= 0.6 is 0 Å². The number of fused-ring (bicyclic) bond motifs is 1. The summed E-state index contributed by atoms with van der Waals surface area (Å²) in [6, 6.07) is 4.46. The van der Waals surface area contributed by atoms with Gasteiger partial charge in [0, 0.05) is 5.56 Å². The summed E-state index contributed by atoms with van der Waals surface area (Å²) in [6.07, 6.45) is 5.00. The van der Waals surface area contributed by atoms with Crippen molar-refractivity contribution in [3.05, 3.63) is 28.8 Å². The quantitative estimate of drug-likeness (QED) is 0.577. The molecule has 23 heavy (non-hydrogen) atoms. The first-order chi connectivity index (χ1) is 10.5. The molecule has 1 saturated carbocycles. The molecule has 0 amide bonds. The van der Waals surface area contributed by atoms with Gasteiger partial charge in [-0.3, -0.25) is 0 Å². The van der Waals surface area contributed by atoms with Gasteiger partial charge in [-0.1, -0.05) is 59.0 Å². The molecular formula is C20H30O2Si. The lowest BCUT2D eigenvalue weighted by molar-refractivity contribution is 0.0536. The van der Waals surface area contributed by atoms with E-state index in [1.54, 1.807) is 0 Å². The normalized spacial score (nSPS) is 26.8. The van der Waals surface area contributed by atoms with Crippen LogP contribution in [-0.4, -0.2) is 14.0 Å². The van der Waals surface area contributed by atoms with Crippen LogP contribution in [0, 0.1) is 5.41 Å². The molecule has 1 aromatic rings. The summed E-state index contributed by atoms with van der Waals surface area (Å²) >= 11 is 0. The Bertz CT molecular complexity index is 654. The van der Waals surface area contributed by atoms with Crippen molar-refractivity contribution in [2.45, 2.75) is 78.1 Å². The summed E-state index contributed by atoms with van der Waals surface area (Å²) in [5.74, 6) is -0.0991. The van der Waals surface area contributed by atoms with Crippen LogP contribution in [0.1, 0.15) is 67.9 Å². The third kappa shape index (κ3) is 2.88. The van der Waals surface area contributed by atoms with Crippen LogP contribution < -0.4 is 5.19 Å². The number of carbonyl (C=O) groups is 1. The SMILES string of the molecule is CC1(C)CCC[C@](C)(c2ccc3c(c2[Si](C)(C)C)C(=O)OC3)C1. The third-order valence-electron chi connectivity index (χ3n) is 5.71. The van der Waals surface area contributed by atoms with Gasteiger partial charge in [-0.2, -0.15) is 0 Å². The van der Waals surface area contributed by atoms with E-state index in [1.807, 2.05) is 0 Å². The van der Waals surface area contributed by atoms with Crippen molar-refractivity contribution in [3.63, 3.8) is 0 Å². The number of carbonyl (C=O) groups excluding carboxylic acids is 1. The Balaban J connectivity index is 2.21. The van der Waals surface area contributed by atoms with Gasteiger partial charge in [-0.05, 0) is 40.8 Å². The molecule has 1 aliphatic heterocycles. The minimum Gasteiger partial charge on any atom is -0.457 e. The average molecular weight is 331 g/mol. The van der Waals surface area contributed by atoms with E-state index in [9.17, 15) is 4.79 Å². The van der Waals surface area contributed by atoms with E-state index < -0.39 is 8.07 Å². The lowest BCUT2D eigenvalue weighted by atomic mass is 9.61. The molecule has 0 aromatic heterocycles. The van der Waals surface area contributed by atoms with Crippen LogP contribution in [0.2, 0.25) is 19.6 Å². The number of hydrogen-bond acceptors (Lipinski definition) is 2. The van der Waals surface area contributed by atoms with Gasteiger partial charge in [-0.15, -0.1) is 0 Å². The van der Waals surface area contributed by atoms with Gasteiger partial charge in [0.15, 0.2) is 0 Å². The van der Waals surface area contributed by atoms with Crippen LogP contribution in [-0.2, 0) is 16.8 Å². The fourth-order valence-corrected chi connectivity index (χ4v) is 7.12. The first-order valence-electron chi connectivity index (χ1n) is 8.88. The second-order valence-electron chi connectivity index (χ2n) is 9.60. The lowest BCUT2D eigenvalue weighted by Gasteiger charge is -2.45. The Morgan fingerprint density at radius 3 is 2.39 bits per heavy atom. The predicted molar refractivity (Wildman–Crippen MR) is 98.1 cm³/mol. The second-order valence-corrected chi connectivity index (χ2v) is 14.6. The molecule has 3 rings (SSSR count). The topological polar surface area (TPSA) is 26.3 Å².